The summed E-state index contributed by atoms with van der Waals surface area (Å²) < 4.78 is 0. The van der Waals surface area contributed by atoms with Crippen molar-refractivity contribution in [3.8, 4) is 0 Å². The summed E-state index contributed by atoms with van der Waals surface area (Å²) in [4.78, 5) is 4.34. The molecule has 0 aliphatic carbocycles. The van der Waals surface area contributed by atoms with E-state index in [0.717, 1.165) is 0 Å². The third-order valence-electron chi connectivity index (χ3n) is 3.80. The summed E-state index contributed by atoms with van der Waals surface area (Å²) in [6.07, 6.45) is 0. The first-order chi connectivity index (χ1) is 9.58. The van der Waals surface area contributed by atoms with E-state index in [1.165, 1.54) is 32.9 Å². The molecule has 3 rings (SSSR count). The lowest BCUT2D eigenvalue weighted by molar-refractivity contribution is 1.14. The molecule has 0 aromatic heterocycles. The monoisotopic (exact) mass is 264 g/mol. The molecule has 20 heavy (non-hydrogen) atoms. The van der Waals surface area contributed by atoms with Gasteiger partial charge in [0.15, 0.2) is 0 Å². The van der Waals surface area contributed by atoms with Crippen LogP contribution in [0.5, 0.6) is 0 Å². The van der Waals surface area contributed by atoms with E-state index in [4.69, 9.17) is 0 Å². The molecule has 0 amide bonds. The predicted molar refractivity (Wildman–Crippen MR) is 90.1 cm³/mol. The highest BCUT2D eigenvalue weighted by Gasteiger charge is 2.07. The number of anilines is 2. The molecule has 0 bridgehead atoms. The molecule has 0 fully saturated rings. The SMILES string of the molecule is CN(C)c1cccc2cc3c(N(C)C)cccc3cc12. The van der Waals surface area contributed by atoms with Crippen LogP contribution >= 0.6 is 0 Å². The van der Waals surface area contributed by atoms with Crippen LogP contribution in [-0.4, -0.2) is 28.2 Å². The topological polar surface area (TPSA) is 6.48 Å². The van der Waals surface area contributed by atoms with Crippen molar-refractivity contribution in [1.82, 2.24) is 0 Å². The summed E-state index contributed by atoms with van der Waals surface area (Å²) in [6.45, 7) is 0. The van der Waals surface area contributed by atoms with Crippen LogP contribution < -0.4 is 9.80 Å². The Hall–Kier alpha value is -2.22. The second kappa shape index (κ2) is 4.71. The first-order valence-electron chi connectivity index (χ1n) is 6.88. The van der Waals surface area contributed by atoms with Crippen LogP contribution in [0.2, 0.25) is 0 Å². The van der Waals surface area contributed by atoms with Crippen molar-refractivity contribution >= 4 is 32.9 Å². The van der Waals surface area contributed by atoms with Gasteiger partial charge in [0.2, 0.25) is 0 Å². The Balaban J connectivity index is 2.40. The molecule has 2 nitrogen and oxygen atoms in total. The van der Waals surface area contributed by atoms with Crippen LogP contribution in [0.3, 0.4) is 0 Å². The van der Waals surface area contributed by atoms with Crippen LogP contribution in [0.15, 0.2) is 48.5 Å². The third-order valence-corrected chi connectivity index (χ3v) is 3.80. The van der Waals surface area contributed by atoms with Gasteiger partial charge in [-0.15, -0.1) is 0 Å². The minimum Gasteiger partial charge on any atom is -0.377 e. The first-order valence-corrected chi connectivity index (χ1v) is 6.88. The molecular formula is C18H20N2. The van der Waals surface area contributed by atoms with Crippen LogP contribution in [0.1, 0.15) is 0 Å². The van der Waals surface area contributed by atoms with E-state index < -0.39 is 0 Å². The molecule has 0 saturated carbocycles. The summed E-state index contributed by atoms with van der Waals surface area (Å²) in [5.41, 5.74) is 2.53. The van der Waals surface area contributed by atoms with Gasteiger partial charge in [-0.2, -0.15) is 0 Å². The quantitative estimate of drug-likeness (QED) is 0.642. The van der Waals surface area contributed by atoms with E-state index in [1.807, 2.05) is 0 Å². The zero-order valence-corrected chi connectivity index (χ0v) is 12.5. The second-order valence-corrected chi connectivity index (χ2v) is 5.64. The van der Waals surface area contributed by atoms with Gasteiger partial charge in [0.1, 0.15) is 0 Å². The van der Waals surface area contributed by atoms with Gasteiger partial charge in [0.25, 0.3) is 0 Å². The summed E-state index contributed by atoms with van der Waals surface area (Å²) >= 11 is 0. The van der Waals surface area contributed by atoms with E-state index in [1.54, 1.807) is 0 Å². The van der Waals surface area contributed by atoms with Gasteiger partial charge in [0, 0.05) is 50.3 Å². The van der Waals surface area contributed by atoms with E-state index in [2.05, 4.69) is 86.5 Å². The summed E-state index contributed by atoms with van der Waals surface area (Å²) in [7, 11) is 8.37. The number of benzene rings is 3. The van der Waals surface area contributed by atoms with E-state index in [-0.39, 0.29) is 0 Å². The summed E-state index contributed by atoms with van der Waals surface area (Å²) in [5, 5.41) is 5.19. The fourth-order valence-corrected chi connectivity index (χ4v) is 2.80. The largest absolute Gasteiger partial charge is 0.377 e. The molecule has 0 aliphatic heterocycles. The van der Waals surface area contributed by atoms with Crippen LogP contribution in [0.25, 0.3) is 21.5 Å². The van der Waals surface area contributed by atoms with Crippen LogP contribution in [0, 0.1) is 0 Å². The highest BCUT2D eigenvalue weighted by Crippen LogP contribution is 2.33. The van der Waals surface area contributed by atoms with E-state index >= 15 is 0 Å². The molecule has 3 aromatic carbocycles. The molecule has 0 unspecified atom stereocenters. The third kappa shape index (κ3) is 1.97. The minimum absolute atomic E-state index is 1.26. The second-order valence-electron chi connectivity index (χ2n) is 5.64. The van der Waals surface area contributed by atoms with Crippen molar-refractivity contribution in [2.24, 2.45) is 0 Å². The van der Waals surface area contributed by atoms with Gasteiger partial charge in [-0.3, -0.25) is 0 Å². The number of fused-ring (bicyclic) bond motifs is 2. The normalized spacial score (nSPS) is 11.0. The Morgan fingerprint density at radius 2 is 1.00 bits per heavy atom. The Kier molecular flexibility index (Phi) is 3.01. The molecule has 0 N–H and O–H groups in total. The lowest BCUT2D eigenvalue weighted by atomic mass is 10.0. The van der Waals surface area contributed by atoms with Crippen molar-refractivity contribution in [2.45, 2.75) is 0 Å². The summed E-state index contributed by atoms with van der Waals surface area (Å²) in [6, 6.07) is 17.6. The van der Waals surface area contributed by atoms with Gasteiger partial charge in [-0.25, -0.2) is 0 Å². The zero-order valence-electron chi connectivity index (χ0n) is 12.5. The predicted octanol–water partition coefficient (Wildman–Crippen LogP) is 4.13. The Morgan fingerprint density at radius 1 is 0.600 bits per heavy atom. The summed E-state index contributed by atoms with van der Waals surface area (Å²) in [5.74, 6) is 0. The van der Waals surface area contributed by atoms with Gasteiger partial charge in [-0.1, -0.05) is 24.3 Å². The van der Waals surface area contributed by atoms with Gasteiger partial charge >= 0.3 is 0 Å². The standard InChI is InChI=1S/C18H20N2/c1-19(2)17-9-5-7-13-12-16-14(11-15(13)17)8-6-10-18(16)20(3)4/h5-12H,1-4H3. The minimum atomic E-state index is 1.26. The highest BCUT2D eigenvalue weighted by atomic mass is 15.1. The molecule has 2 heteroatoms. The average molecular weight is 264 g/mol. The Bertz CT molecular complexity index is 705. The Labute approximate surface area is 120 Å². The smallest absolute Gasteiger partial charge is 0.0440 e. The van der Waals surface area contributed by atoms with Gasteiger partial charge < -0.3 is 9.80 Å². The molecule has 0 saturated heterocycles. The van der Waals surface area contributed by atoms with Crippen molar-refractivity contribution in [3.05, 3.63) is 48.5 Å². The van der Waals surface area contributed by atoms with Crippen molar-refractivity contribution in [3.63, 3.8) is 0 Å². The molecule has 0 spiro atoms. The van der Waals surface area contributed by atoms with Crippen molar-refractivity contribution in [2.75, 3.05) is 38.0 Å². The number of hydrogen-bond acceptors (Lipinski definition) is 2. The fourth-order valence-electron chi connectivity index (χ4n) is 2.80. The average Bonchev–Trinajstić information content (AvgIpc) is 2.43. The maximum absolute atomic E-state index is 2.30. The lowest BCUT2D eigenvalue weighted by Gasteiger charge is -2.18. The van der Waals surface area contributed by atoms with E-state index in [9.17, 15) is 0 Å². The molecule has 0 heterocycles. The molecule has 0 atom stereocenters. The highest BCUT2D eigenvalue weighted by molar-refractivity contribution is 6.07. The molecule has 0 radical (unpaired) electrons. The maximum atomic E-state index is 2.30. The van der Waals surface area contributed by atoms with Crippen LogP contribution in [0.4, 0.5) is 11.4 Å². The Morgan fingerprint density at radius 3 is 1.35 bits per heavy atom. The molecule has 3 aromatic rings. The zero-order chi connectivity index (χ0) is 14.3. The number of nitrogens with zero attached hydrogens (tertiary/aromatic N) is 2. The maximum Gasteiger partial charge on any atom is 0.0440 e. The first kappa shape index (κ1) is 12.8. The molecule has 0 aliphatic rings. The van der Waals surface area contributed by atoms with Crippen molar-refractivity contribution in [1.29, 1.82) is 0 Å². The number of rotatable bonds is 2. The van der Waals surface area contributed by atoms with Gasteiger partial charge in [0.05, 0.1) is 0 Å². The van der Waals surface area contributed by atoms with Crippen LogP contribution in [-0.2, 0) is 0 Å². The fraction of sp³-hybridized carbons (Fsp3) is 0.222. The van der Waals surface area contributed by atoms with Gasteiger partial charge in [-0.05, 0) is 35.0 Å². The van der Waals surface area contributed by atoms with Crippen molar-refractivity contribution < 1.29 is 0 Å². The molecular weight excluding hydrogens is 244 g/mol. The van der Waals surface area contributed by atoms with E-state index in [0.29, 0.717) is 0 Å². The molecule has 102 valence electrons. The number of hydrogen-bond donors (Lipinski definition) is 0. The lowest BCUT2D eigenvalue weighted by Crippen LogP contribution is -2.09.